The maximum absolute atomic E-state index is 12.9. The maximum Gasteiger partial charge on any atom is 0.296 e. The number of anilines is 2. The number of aromatic nitrogens is 1. The molecule has 6 heteroatoms. The SMILES string of the molecule is Cc1nc(C)c(C(=O)N2CCCN(C)c3ccc(Cl)cc32)o1. The molecule has 5 nitrogen and oxygen atoms in total. The van der Waals surface area contributed by atoms with Crippen molar-refractivity contribution < 1.29 is 9.21 Å². The summed E-state index contributed by atoms with van der Waals surface area (Å²) in [5.41, 5.74) is 2.42. The number of amides is 1. The van der Waals surface area contributed by atoms with E-state index in [9.17, 15) is 4.79 Å². The number of carbonyl (C=O) groups excluding carboxylic acids is 1. The molecule has 0 N–H and O–H groups in total. The number of benzene rings is 1. The molecule has 0 aliphatic carbocycles. The van der Waals surface area contributed by atoms with Crippen molar-refractivity contribution >= 4 is 28.9 Å². The van der Waals surface area contributed by atoms with E-state index in [1.54, 1.807) is 18.7 Å². The summed E-state index contributed by atoms with van der Waals surface area (Å²) in [4.78, 5) is 21.0. The van der Waals surface area contributed by atoms with Crippen LogP contribution in [0.25, 0.3) is 0 Å². The minimum absolute atomic E-state index is 0.170. The summed E-state index contributed by atoms with van der Waals surface area (Å²) in [7, 11) is 2.02. The van der Waals surface area contributed by atoms with Crippen molar-refractivity contribution in [2.75, 3.05) is 29.9 Å². The predicted octanol–water partition coefficient (Wildman–Crippen LogP) is 3.43. The Hall–Kier alpha value is -2.01. The number of hydrogen-bond donors (Lipinski definition) is 0. The molecule has 116 valence electrons. The maximum atomic E-state index is 12.9. The van der Waals surface area contributed by atoms with Gasteiger partial charge in [-0.25, -0.2) is 4.98 Å². The molecule has 1 amide bonds. The lowest BCUT2D eigenvalue weighted by atomic mass is 10.2. The molecule has 2 heterocycles. The number of rotatable bonds is 1. The highest BCUT2D eigenvalue weighted by Gasteiger charge is 2.28. The summed E-state index contributed by atoms with van der Waals surface area (Å²) in [6.07, 6.45) is 0.876. The van der Waals surface area contributed by atoms with E-state index >= 15 is 0 Å². The van der Waals surface area contributed by atoms with Gasteiger partial charge in [0, 0.05) is 32.1 Å². The predicted molar refractivity (Wildman–Crippen MR) is 87.0 cm³/mol. The van der Waals surface area contributed by atoms with Gasteiger partial charge in [-0.3, -0.25) is 4.79 Å². The normalized spacial score (nSPS) is 14.7. The molecule has 0 radical (unpaired) electrons. The first-order valence-corrected chi connectivity index (χ1v) is 7.62. The Balaban J connectivity index is 2.07. The summed E-state index contributed by atoms with van der Waals surface area (Å²) < 4.78 is 5.49. The third-order valence-electron chi connectivity index (χ3n) is 3.86. The van der Waals surface area contributed by atoms with Gasteiger partial charge in [-0.1, -0.05) is 11.6 Å². The molecule has 1 aromatic carbocycles. The van der Waals surface area contributed by atoms with Crippen LogP contribution >= 0.6 is 11.6 Å². The quantitative estimate of drug-likeness (QED) is 0.808. The molecule has 22 heavy (non-hydrogen) atoms. The van der Waals surface area contributed by atoms with E-state index in [-0.39, 0.29) is 5.91 Å². The number of fused-ring (bicyclic) bond motifs is 1. The van der Waals surface area contributed by atoms with Gasteiger partial charge in [-0.15, -0.1) is 0 Å². The molecule has 0 spiro atoms. The third-order valence-corrected chi connectivity index (χ3v) is 4.09. The van der Waals surface area contributed by atoms with Crippen molar-refractivity contribution in [3.8, 4) is 0 Å². The highest BCUT2D eigenvalue weighted by Crippen LogP contribution is 2.35. The van der Waals surface area contributed by atoms with Gasteiger partial charge in [-0.2, -0.15) is 0 Å². The highest BCUT2D eigenvalue weighted by molar-refractivity contribution is 6.31. The molecular formula is C16H18ClN3O2. The molecule has 1 aliphatic rings. The van der Waals surface area contributed by atoms with Gasteiger partial charge in [0.1, 0.15) is 0 Å². The Morgan fingerprint density at radius 1 is 1.27 bits per heavy atom. The Labute approximate surface area is 134 Å². The van der Waals surface area contributed by atoms with Crippen molar-refractivity contribution in [2.24, 2.45) is 0 Å². The fourth-order valence-corrected chi connectivity index (χ4v) is 2.97. The minimum atomic E-state index is -0.170. The minimum Gasteiger partial charge on any atom is -0.436 e. The van der Waals surface area contributed by atoms with Gasteiger partial charge in [0.15, 0.2) is 5.89 Å². The third kappa shape index (κ3) is 2.57. The van der Waals surface area contributed by atoms with Crippen LogP contribution in [0.1, 0.15) is 28.6 Å². The van der Waals surface area contributed by atoms with Gasteiger partial charge >= 0.3 is 0 Å². The molecule has 3 rings (SSSR count). The zero-order chi connectivity index (χ0) is 15.9. The summed E-state index contributed by atoms with van der Waals surface area (Å²) in [5.74, 6) is 0.629. The summed E-state index contributed by atoms with van der Waals surface area (Å²) in [6, 6.07) is 5.62. The zero-order valence-electron chi connectivity index (χ0n) is 12.9. The van der Waals surface area contributed by atoms with Crippen LogP contribution in [-0.2, 0) is 0 Å². The van der Waals surface area contributed by atoms with Crippen LogP contribution in [0.5, 0.6) is 0 Å². The summed E-state index contributed by atoms with van der Waals surface area (Å²) in [5, 5.41) is 0.609. The molecule has 0 atom stereocenters. The van der Waals surface area contributed by atoms with Gasteiger partial charge < -0.3 is 14.2 Å². The molecule has 0 bridgehead atoms. The molecule has 1 aliphatic heterocycles. The average Bonchev–Trinajstić information content (AvgIpc) is 2.72. The molecule has 2 aromatic rings. The van der Waals surface area contributed by atoms with Gasteiger partial charge in [0.05, 0.1) is 17.1 Å². The first-order valence-electron chi connectivity index (χ1n) is 7.24. The largest absolute Gasteiger partial charge is 0.436 e. The summed E-state index contributed by atoms with van der Waals surface area (Å²) >= 11 is 6.14. The molecule has 0 fully saturated rings. The lowest BCUT2D eigenvalue weighted by Gasteiger charge is -2.24. The fourth-order valence-electron chi connectivity index (χ4n) is 2.81. The van der Waals surface area contributed by atoms with Crippen LogP contribution in [0.3, 0.4) is 0 Å². The lowest BCUT2D eigenvalue weighted by Crippen LogP contribution is -2.31. The number of nitrogens with zero attached hydrogens (tertiary/aromatic N) is 3. The second kappa shape index (κ2) is 5.65. The van der Waals surface area contributed by atoms with Gasteiger partial charge in [0.25, 0.3) is 5.91 Å². The van der Waals surface area contributed by atoms with E-state index in [0.717, 1.165) is 24.3 Å². The Kier molecular flexibility index (Phi) is 3.83. The average molecular weight is 320 g/mol. The topological polar surface area (TPSA) is 49.6 Å². The van der Waals surface area contributed by atoms with Crippen LogP contribution in [0.2, 0.25) is 5.02 Å². The van der Waals surface area contributed by atoms with Crippen molar-refractivity contribution in [3.05, 3.63) is 40.6 Å². The van der Waals surface area contributed by atoms with E-state index in [2.05, 4.69) is 9.88 Å². The Morgan fingerprint density at radius 2 is 2.05 bits per heavy atom. The van der Waals surface area contributed by atoms with Crippen LogP contribution in [0, 0.1) is 13.8 Å². The molecule has 1 aromatic heterocycles. The second-order valence-electron chi connectivity index (χ2n) is 5.51. The van der Waals surface area contributed by atoms with Crippen LogP contribution in [-0.4, -0.2) is 31.0 Å². The van der Waals surface area contributed by atoms with E-state index in [1.807, 2.05) is 25.2 Å². The number of halogens is 1. The lowest BCUT2D eigenvalue weighted by molar-refractivity contribution is 0.0958. The van der Waals surface area contributed by atoms with Crippen molar-refractivity contribution in [1.82, 2.24) is 4.98 Å². The van der Waals surface area contributed by atoms with Gasteiger partial charge in [0.2, 0.25) is 5.76 Å². The number of carbonyl (C=O) groups is 1. The first kappa shape index (κ1) is 14.9. The number of aryl methyl sites for hydroxylation is 2. The van der Waals surface area contributed by atoms with Crippen LogP contribution in [0.15, 0.2) is 22.6 Å². The van der Waals surface area contributed by atoms with Crippen molar-refractivity contribution in [1.29, 1.82) is 0 Å². The van der Waals surface area contributed by atoms with Crippen LogP contribution in [0.4, 0.5) is 11.4 Å². The number of hydrogen-bond acceptors (Lipinski definition) is 4. The van der Waals surface area contributed by atoms with Gasteiger partial charge in [-0.05, 0) is 31.5 Å². The molecule has 0 unspecified atom stereocenters. The smallest absolute Gasteiger partial charge is 0.296 e. The van der Waals surface area contributed by atoms with E-state index < -0.39 is 0 Å². The van der Waals surface area contributed by atoms with E-state index in [1.165, 1.54) is 0 Å². The van der Waals surface area contributed by atoms with E-state index in [4.69, 9.17) is 16.0 Å². The monoisotopic (exact) mass is 319 g/mol. The van der Waals surface area contributed by atoms with Crippen molar-refractivity contribution in [2.45, 2.75) is 20.3 Å². The Bertz CT molecular complexity index is 726. The van der Waals surface area contributed by atoms with E-state index in [0.29, 0.717) is 28.9 Å². The fraction of sp³-hybridized carbons (Fsp3) is 0.375. The standard InChI is InChI=1S/C16H18ClN3O2/c1-10-15(22-11(2)18-10)16(21)20-8-4-7-19(3)13-6-5-12(17)9-14(13)20/h5-6,9H,4,7-8H2,1-3H3. The molecule has 0 saturated carbocycles. The highest BCUT2D eigenvalue weighted by atomic mass is 35.5. The van der Waals surface area contributed by atoms with Crippen molar-refractivity contribution in [3.63, 3.8) is 0 Å². The molecular weight excluding hydrogens is 302 g/mol. The number of oxazole rings is 1. The zero-order valence-corrected chi connectivity index (χ0v) is 13.6. The second-order valence-corrected chi connectivity index (χ2v) is 5.95. The first-order chi connectivity index (χ1) is 10.5. The summed E-state index contributed by atoms with van der Waals surface area (Å²) in [6.45, 7) is 5.03. The molecule has 0 saturated heterocycles. The Morgan fingerprint density at radius 3 is 2.73 bits per heavy atom. The van der Waals surface area contributed by atoms with Crippen LogP contribution < -0.4 is 9.80 Å².